The van der Waals surface area contributed by atoms with Crippen molar-refractivity contribution in [2.24, 2.45) is 0 Å². The van der Waals surface area contributed by atoms with Gasteiger partial charge in [-0.05, 0) is 24.6 Å². The molecule has 1 aromatic heterocycles. The van der Waals surface area contributed by atoms with Crippen LogP contribution >= 0.6 is 0 Å². The van der Waals surface area contributed by atoms with Gasteiger partial charge in [-0.25, -0.2) is 8.42 Å². The van der Waals surface area contributed by atoms with Crippen LogP contribution in [0.15, 0.2) is 36.5 Å². The van der Waals surface area contributed by atoms with Crippen molar-refractivity contribution in [3.05, 3.63) is 42.1 Å². The van der Waals surface area contributed by atoms with Gasteiger partial charge in [-0.15, -0.1) is 0 Å². The van der Waals surface area contributed by atoms with Crippen molar-refractivity contribution >= 4 is 26.8 Å². The van der Waals surface area contributed by atoms with Gasteiger partial charge in [0.15, 0.2) is 0 Å². The number of hydrogen-bond donors (Lipinski definition) is 1. The average molecular weight is 278 g/mol. The van der Waals surface area contributed by atoms with Gasteiger partial charge in [0.2, 0.25) is 15.9 Å². The lowest BCUT2D eigenvalue weighted by Gasteiger charge is -2.11. The minimum absolute atomic E-state index is 0.544. The molecular formula is C13H14N2O3S. The molecule has 100 valence electrons. The Kier molecular flexibility index (Phi) is 3.53. The molecule has 1 unspecified atom stereocenters. The van der Waals surface area contributed by atoms with Crippen LogP contribution in [0.4, 0.5) is 0 Å². The van der Waals surface area contributed by atoms with Gasteiger partial charge in [-0.1, -0.05) is 18.2 Å². The average Bonchev–Trinajstić information content (AvgIpc) is 2.35. The third-order valence-electron chi connectivity index (χ3n) is 2.81. The van der Waals surface area contributed by atoms with Crippen molar-refractivity contribution in [3.63, 3.8) is 0 Å². The third-order valence-corrected chi connectivity index (χ3v) is 3.38. The molecule has 1 amide bonds. The van der Waals surface area contributed by atoms with Crippen LogP contribution in [-0.4, -0.2) is 25.6 Å². The Morgan fingerprint density at radius 3 is 2.74 bits per heavy atom. The molecule has 0 aliphatic heterocycles. The Morgan fingerprint density at radius 2 is 2.05 bits per heavy atom. The van der Waals surface area contributed by atoms with Crippen LogP contribution < -0.4 is 4.72 Å². The Bertz CT molecular complexity index is 726. The summed E-state index contributed by atoms with van der Waals surface area (Å²) in [6.07, 6.45) is 2.63. The lowest BCUT2D eigenvalue weighted by Crippen LogP contribution is -2.32. The van der Waals surface area contributed by atoms with Crippen molar-refractivity contribution in [1.82, 2.24) is 9.71 Å². The molecular weight excluding hydrogens is 264 g/mol. The highest BCUT2D eigenvalue weighted by Crippen LogP contribution is 2.20. The zero-order valence-electron chi connectivity index (χ0n) is 10.6. The molecule has 2 aromatic rings. The number of fused-ring (bicyclic) bond motifs is 1. The zero-order valence-corrected chi connectivity index (χ0v) is 11.4. The Morgan fingerprint density at radius 1 is 1.32 bits per heavy atom. The molecule has 2 rings (SSSR count). The van der Waals surface area contributed by atoms with Gasteiger partial charge in [0.25, 0.3) is 0 Å². The summed E-state index contributed by atoms with van der Waals surface area (Å²) in [7, 11) is -3.53. The maximum absolute atomic E-state index is 11.8. The minimum atomic E-state index is -3.53. The highest BCUT2D eigenvalue weighted by atomic mass is 32.2. The number of pyridine rings is 1. The zero-order chi connectivity index (χ0) is 14.0. The second-order valence-electron chi connectivity index (χ2n) is 4.42. The molecule has 0 saturated carbocycles. The molecule has 0 bridgehead atoms. The molecule has 1 heterocycles. The molecule has 0 spiro atoms. The van der Waals surface area contributed by atoms with Crippen LogP contribution in [0.25, 0.3) is 10.9 Å². The summed E-state index contributed by atoms with van der Waals surface area (Å²) in [5.74, 6) is -1.10. The first-order valence-electron chi connectivity index (χ1n) is 5.73. The number of rotatable bonds is 3. The van der Waals surface area contributed by atoms with Crippen molar-refractivity contribution in [1.29, 1.82) is 0 Å². The van der Waals surface area contributed by atoms with Gasteiger partial charge in [0.1, 0.15) is 0 Å². The SMILES string of the molecule is CC(C(=O)NS(C)(=O)=O)c1ccc2cccnc2c1. The quantitative estimate of drug-likeness (QED) is 0.921. The standard InChI is InChI=1S/C13H14N2O3S/c1-9(13(16)15-19(2,17)18)11-6-5-10-4-3-7-14-12(10)8-11/h3-9H,1-2H3,(H,15,16). The number of nitrogens with zero attached hydrogens (tertiary/aromatic N) is 1. The Hall–Kier alpha value is -1.95. The van der Waals surface area contributed by atoms with Gasteiger partial charge < -0.3 is 0 Å². The van der Waals surface area contributed by atoms with Crippen molar-refractivity contribution in [2.45, 2.75) is 12.8 Å². The largest absolute Gasteiger partial charge is 0.273 e. The second kappa shape index (κ2) is 4.97. The van der Waals surface area contributed by atoms with Crippen LogP contribution in [0.3, 0.4) is 0 Å². The molecule has 0 aliphatic carbocycles. The number of amides is 1. The third kappa shape index (κ3) is 3.29. The smallest absolute Gasteiger partial charge is 0.240 e. The first-order chi connectivity index (χ1) is 8.87. The van der Waals surface area contributed by atoms with Gasteiger partial charge in [0, 0.05) is 11.6 Å². The molecule has 19 heavy (non-hydrogen) atoms. The fourth-order valence-electron chi connectivity index (χ4n) is 1.78. The van der Waals surface area contributed by atoms with E-state index in [2.05, 4.69) is 4.98 Å². The number of carbonyl (C=O) groups is 1. The molecule has 1 aromatic carbocycles. The normalized spacial score (nSPS) is 13.2. The van der Waals surface area contributed by atoms with E-state index in [1.807, 2.05) is 22.9 Å². The van der Waals surface area contributed by atoms with E-state index in [-0.39, 0.29) is 0 Å². The van der Waals surface area contributed by atoms with Gasteiger partial charge in [-0.3, -0.25) is 14.5 Å². The highest BCUT2D eigenvalue weighted by molar-refractivity contribution is 7.89. The molecule has 0 aliphatic rings. The Balaban J connectivity index is 2.31. The van der Waals surface area contributed by atoms with Crippen LogP contribution in [0, 0.1) is 0 Å². The fraction of sp³-hybridized carbons (Fsp3) is 0.231. The first-order valence-corrected chi connectivity index (χ1v) is 7.62. The number of benzene rings is 1. The van der Waals surface area contributed by atoms with E-state index < -0.39 is 21.8 Å². The molecule has 0 radical (unpaired) electrons. The fourth-order valence-corrected chi connectivity index (χ4v) is 2.32. The predicted molar refractivity (Wildman–Crippen MR) is 73.1 cm³/mol. The molecule has 1 atom stereocenters. The summed E-state index contributed by atoms with van der Waals surface area (Å²) in [5, 5.41) is 0.974. The molecule has 0 saturated heterocycles. The molecule has 6 heteroatoms. The van der Waals surface area contributed by atoms with Gasteiger partial charge in [-0.2, -0.15) is 0 Å². The maximum Gasteiger partial charge on any atom is 0.240 e. The second-order valence-corrected chi connectivity index (χ2v) is 6.16. The minimum Gasteiger partial charge on any atom is -0.273 e. The summed E-state index contributed by atoms with van der Waals surface area (Å²) in [5.41, 5.74) is 1.51. The van der Waals surface area contributed by atoms with E-state index in [0.717, 1.165) is 22.7 Å². The maximum atomic E-state index is 11.8. The molecule has 1 N–H and O–H groups in total. The lowest BCUT2D eigenvalue weighted by molar-refractivity contribution is -0.120. The summed E-state index contributed by atoms with van der Waals surface area (Å²) in [4.78, 5) is 16.0. The molecule has 5 nitrogen and oxygen atoms in total. The highest BCUT2D eigenvalue weighted by Gasteiger charge is 2.18. The van der Waals surface area contributed by atoms with E-state index in [1.54, 1.807) is 25.3 Å². The summed E-state index contributed by atoms with van der Waals surface area (Å²) < 4.78 is 24.1. The number of nitrogens with one attached hydrogen (secondary N) is 1. The van der Waals surface area contributed by atoms with Crippen LogP contribution in [0.2, 0.25) is 0 Å². The molecule has 0 fully saturated rings. The Labute approximate surface area is 111 Å². The first kappa shape index (κ1) is 13.5. The van der Waals surface area contributed by atoms with Crippen LogP contribution in [-0.2, 0) is 14.8 Å². The predicted octanol–water partition coefficient (Wildman–Crippen LogP) is 1.41. The van der Waals surface area contributed by atoms with E-state index in [1.165, 1.54) is 0 Å². The van der Waals surface area contributed by atoms with Crippen molar-refractivity contribution in [3.8, 4) is 0 Å². The monoisotopic (exact) mass is 278 g/mol. The number of aromatic nitrogens is 1. The van der Waals surface area contributed by atoms with E-state index in [4.69, 9.17) is 0 Å². The summed E-state index contributed by atoms with van der Waals surface area (Å²) in [6.45, 7) is 1.66. The number of carbonyl (C=O) groups excluding carboxylic acids is 1. The number of sulfonamides is 1. The lowest BCUT2D eigenvalue weighted by atomic mass is 9.99. The van der Waals surface area contributed by atoms with Gasteiger partial charge in [0.05, 0.1) is 17.7 Å². The van der Waals surface area contributed by atoms with E-state index in [0.29, 0.717) is 0 Å². The topological polar surface area (TPSA) is 76.1 Å². The summed E-state index contributed by atoms with van der Waals surface area (Å²) in [6, 6.07) is 9.22. The van der Waals surface area contributed by atoms with E-state index in [9.17, 15) is 13.2 Å². The summed E-state index contributed by atoms with van der Waals surface area (Å²) >= 11 is 0. The number of hydrogen-bond acceptors (Lipinski definition) is 4. The van der Waals surface area contributed by atoms with Crippen molar-refractivity contribution < 1.29 is 13.2 Å². The van der Waals surface area contributed by atoms with Crippen LogP contribution in [0.1, 0.15) is 18.4 Å². The van der Waals surface area contributed by atoms with Crippen LogP contribution in [0.5, 0.6) is 0 Å². The van der Waals surface area contributed by atoms with Gasteiger partial charge >= 0.3 is 0 Å². The van der Waals surface area contributed by atoms with Crippen molar-refractivity contribution in [2.75, 3.05) is 6.26 Å². The van der Waals surface area contributed by atoms with E-state index >= 15 is 0 Å².